The molecule has 20 heavy (non-hydrogen) atoms. The van der Waals surface area contributed by atoms with Gasteiger partial charge in [0, 0.05) is 26.0 Å². The summed E-state index contributed by atoms with van der Waals surface area (Å²) in [6, 6.07) is -0.0374. The maximum absolute atomic E-state index is 5.83. The Kier molecular flexibility index (Phi) is 6.01. The number of imidazole rings is 1. The van der Waals surface area contributed by atoms with Gasteiger partial charge in [0.15, 0.2) is 0 Å². The molecule has 2 rings (SSSR count). The van der Waals surface area contributed by atoms with Crippen LogP contribution in [0.4, 0.5) is 0 Å². The van der Waals surface area contributed by atoms with Gasteiger partial charge in [0.25, 0.3) is 0 Å². The minimum absolute atomic E-state index is 0.0374. The second-order valence-corrected chi connectivity index (χ2v) is 5.72. The van der Waals surface area contributed by atoms with E-state index in [1.54, 1.807) is 7.11 Å². The lowest BCUT2D eigenvalue weighted by molar-refractivity contribution is 0.00445. The van der Waals surface area contributed by atoms with Crippen molar-refractivity contribution in [2.45, 2.75) is 64.1 Å². The summed E-state index contributed by atoms with van der Waals surface area (Å²) in [6.45, 7) is 3.14. The third-order valence-electron chi connectivity index (χ3n) is 4.39. The first-order valence-corrected chi connectivity index (χ1v) is 7.81. The van der Waals surface area contributed by atoms with E-state index in [9.17, 15) is 0 Å². The monoisotopic (exact) mass is 280 g/mol. The van der Waals surface area contributed by atoms with E-state index in [1.165, 1.54) is 32.1 Å². The molecule has 3 N–H and O–H groups in total. The van der Waals surface area contributed by atoms with Gasteiger partial charge in [-0.2, -0.15) is 0 Å². The summed E-state index contributed by atoms with van der Waals surface area (Å²) in [5.41, 5.74) is 2.94. The summed E-state index contributed by atoms with van der Waals surface area (Å²) in [4.78, 5) is 4.51. The molecule has 1 fully saturated rings. The Labute approximate surface area is 121 Å². The van der Waals surface area contributed by atoms with Crippen LogP contribution in [0.5, 0.6) is 0 Å². The molecule has 0 saturated heterocycles. The predicted octanol–water partition coefficient (Wildman–Crippen LogP) is 2.39. The smallest absolute Gasteiger partial charge is 0.129 e. The fourth-order valence-corrected chi connectivity index (χ4v) is 3.41. The van der Waals surface area contributed by atoms with Gasteiger partial charge in [-0.25, -0.2) is 10.4 Å². The van der Waals surface area contributed by atoms with Gasteiger partial charge in [-0.1, -0.05) is 26.2 Å². The van der Waals surface area contributed by atoms with Crippen LogP contribution in [-0.2, 0) is 11.3 Å². The molecule has 1 heterocycles. The molecule has 114 valence electrons. The van der Waals surface area contributed by atoms with E-state index in [-0.39, 0.29) is 12.1 Å². The number of nitrogens with two attached hydrogens (primary N) is 1. The molecular weight excluding hydrogens is 252 g/mol. The minimum atomic E-state index is -0.0374. The second-order valence-electron chi connectivity index (χ2n) is 5.72. The molecule has 0 radical (unpaired) electrons. The molecule has 0 spiro atoms. The van der Waals surface area contributed by atoms with Crippen molar-refractivity contribution in [2.75, 3.05) is 7.11 Å². The Morgan fingerprint density at radius 1 is 1.45 bits per heavy atom. The molecule has 2 atom stereocenters. The molecule has 1 saturated carbocycles. The highest BCUT2D eigenvalue weighted by molar-refractivity contribution is 5.03. The summed E-state index contributed by atoms with van der Waals surface area (Å²) in [7, 11) is 1.79. The first-order chi connectivity index (χ1) is 9.81. The van der Waals surface area contributed by atoms with E-state index in [0.29, 0.717) is 5.92 Å². The SMILES string of the molecule is CCCn1ccnc1C(NN)C(OC)C1CCCCC1. The van der Waals surface area contributed by atoms with Gasteiger partial charge >= 0.3 is 0 Å². The van der Waals surface area contributed by atoms with E-state index in [4.69, 9.17) is 10.6 Å². The number of hydrazine groups is 1. The molecule has 1 aromatic heterocycles. The number of ether oxygens (including phenoxy) is 1. The molecule has 0 bridgehead atoms. The topological polar surface area (TPSA) is 65.1 Å². The number of nitrogens with one attached hydrogen (secondary N) is 1. The third kappa shape index (κ3) is 3.40. The van der Waals surface area contributed by atoms with Gasteiger partial charge in [-0.05, 0) is 25.2 Å². The van der Waals surface area contributed by atoms with E-state index in [2.05, 4.69) is 21.9 Å². The predicted molar refractivity (Wildman–Crippen MR) is 80.0 cm³/mol. The standard InChI is InChI=1S/C15H28N4O/c1-3-10-19-11-9-17-15(19)13(18-16)14(20-2)12-7-5-4-6-8-12/h9,11-14,18H,3-8,10,16H2,1-2H3. The first kappa shape index (κ1) is 15.5. The molecular formula is C15H28N4O. The maximum atomic E-state index is 5.83. The summed E-state index contributed by atoms with van der Waals surface area (Å²) >= 11 is 0. The van der Waals surface area contributed by atoms with Crippen LogP contribution in [-0.4, -0.2) is 22.8 Å². The van der Waals surface area contributed by atoms with Crippen LogP contribution in [0.25, 0.3) is 0 Å². The summed E-state index contributed by atoms with van der Waals surface area (Å²) < 4.78 is 7.98. The number of aryl methyl sites for hydroxylation is 1. The average molecular weight is 280 g/mol. The second kappa shape index (κ2) is 7.76. The highest BCUT2D eigenvalue weighted by Gasteiger charge is 2.33. The lowest BCUT2D eigenvalue weighted by atomic mass is 9.82. The van der Waals surface area contributed by atoms with Crippen LogP contribution in [0.1, 0.15) is 57.3 Å². The Morgan fingerprint density at radius 2 is 2.20 bits per heavy atom. The summed E-state index contributed by atoms with van der Waals surface area (Å²) in [5, 5.41) is 0. The van der Waals surface area contributed by atoms with Crippen LogP contribution >= 0.6 is 0 Å². The molecule has 0 aliphatic heterocycles. The third-order valence-corrected chi connectivity index (χ3v) is 4.39. The molecule has 0 aromatic carbocycles. The first-order valence-electron chi connectivity index (χ1n) is 7.81. The Balaban J connectivity index is 2.17. The van der Waals surface area contributed by atoms with Crippen molar-refractivity contribution in [3.63, 3.8) is 0 Å². The fraction of sp³-hybridized carbons (Fsp3) is 0.800. The van der Waals surface area contributed by atoms with Crippen molar-refractivity contribution in [2.24, 2.45) is 11.8 Å². The highest BCUT2D eigenvalue weighted by Crippen LogP contribution is 2.33. The van der Waals surface area contributed by atoms with Gasteiger partial charge in [0.1, 0.15) is 11.9 Å². The number of rotatable bonds is 7. The zero-order chi connectivity index (χ0) is 14.4. The fourth-order valence-electron chi connectivity index (χ4n) is 3.41. The van der Waals surface area contributed by atoms with Crippen LogP contribution in [0.3, 0.4) is 0 Å². The molecule has 1 aliphatic rings. The van der Waals surface area contributed by atoms with Crippen molar-refractivity contribution >= 4 is 0 Å². The summed E-state index contributed by atoms with van der Waals surface area (Å²) in [5.74, 6) is 7.39. The zero-order valence-electron chi connectivity index (χ0n) is 12.7. The van der Waals surface area contributed by atoms with Gasteiger partial charge in [0.05, 0.1) is 6.10 Å². The molecule has 5 nitrogen and oxygen atoms in total. The van der Waals surface area contributed by atoms with Gasteiger partial charge in [-0.15, -0.1) is 0 Å². The van der Waals surface area contributed by atoms with Gasteiger partial charge < -0.3 is 9.30 Å². The Morgan fingerprint density at radius 3 is 2.80 bits per heavy atom. The Bertz CT molecular complexity index is 387. The number of nitrogens with zero attached hydrogens (tertiary/aromatic N) is 2. The normalized spacial score (nSPS) is 19.9. The van der Waals surface area contributed by atoms with E-state index in [1.807, 2.05) is 12.4 Å². The number of hydrogen-bond donors (Lipinski definition) is 2. The van der Waals surface area contributed by atoms with Gasteiger partial charge in [0.2, 0.25) is 0 Å². The zero-order valence-corrected chi connectivity index (χ0v) is 12.7. The van der Waals surface area contributed by atoms with Crippen LogP contribution in [0.2, 0.25) is 0 Å². The molecule has 2 unspecified atom stereocenters. The van der Waals surface area contributed by atoms with Crippen molar-refractivity contribution in [3.05, 3.63) is 18.2 Å². The number of methoxy groups -OCH3 is 1. The number of hydrogen-bond acceptors (Lipinski definition) is 4. The average Bonchev–Trinajstić information content (AvgIpc) is 2.94. The van der Waals surface area contributed by atoms with Crippen molar-refractivity contribution < 1.29 is 4.74 Å². The van der Waals surface area contributed by atoms with Crippen LogP contribution < -0.4 is 11.3 Å². The Hall–Kier alpha value is -0.910. The van der Waals surface area contributed by atoms with Crippen molar-refractivity contribution in [1.82, 2.24) is 15.0 Å². The van der Waals surface area contributed by atoms with E-state index in [0.717, 1.165) is 18.8 Å². The largest absolute Gasteiger partial charge is 0.379 e. The van der Waals surface area contributed by atoms with Crippen molar-refractivity contribution in [3.8, 4) is 0 Å². The van der Waals surface area contributed by atoms with Crippen molar-refractivity contribution in [1.29, 1.82) is 0 Å². The molecule has 1 aliphatic carbocycles. The highest BCUT2D eigenvalue weighted by atomic mass is 16.5. The van der Waals surface area contributed by atoms with E-state index >= 15 is 0 Å². The molecule has 5 heteroatoms. The molecule has 0 amide bonds. The van der Waals surface area contributed by atoms with E-state index < -0.39 is 0 Å². The van der Waals surface area contributed by atoms with Crippen LogP contribution in [0.15, 0.2) is 12.4 Å². The number of aromatic nitrogens is 2. The lowest BCUT2D eigenvalue weighted by Crippen LogP contribution is -2.43. The lowest BCUT2D eigenvalue weighted by Gasteiger charge is -2.34. The minimum Gasteiger partial charge on any atom is -0.379 e. The summed E-state index contributed by atoms with van der Waals surface area (Å²) in [6.07, 6.45) is 11.4. The molecule has 1 aromatic rings. The van der Waals surface area contributed by atoms with Crippen LogP contribution in [0, 0.1) is 5.92 Å². The maximum Gasteiger partial charge on any atom is 0.129 e. The quantitative estimate of drug-likeness (QED) is 0.594. The van der Waals surface area contributed by atoms with Gasteiger partial charge in [-0.3, -0.25) is 5.84 Å².